The zero-order valence-electron chi connectivity index (χ0n) is 22.3. The van der Waals surface area contributed by atoms with Gasteiger partial charge in [0.15, 0.2) is 11.5 Å². The second kappa shape index (κ2) is 11.1. The molecule has 11 nitrogen and oxygen atoms in total. The van der Waals surface area contributed by atoms with Gasteiger partial charge in [-0.3, -0.25) is 0 Å². The molecule has 220 valence electrons. The standard InChI is InChI=1S/C16H16O5.C15H14O6/c1-8-2-3-9(4-12(8)18)16-14(20)7-11-13(19)5-10(17)6-15(11)21-16;16-8-4-11(18)9-6-13(20)15(21-14(9)5-8)7-1-2-10(17)12(19)3-7/h2-6,14,16-20H,7H2,1H3;1-5,13,15-20H,6H2/t14-,16-;13-,15-/m01/s1. The smallest absolute Gasteiger partial charge is 0.157 e. The number of hydrogen-bond donors (Lipinski definition) is 9. The topological polar surface area (TPSA) is 201 Å². The van der Waals surface area contributed by atoms with Gasteiger partial charge >= 0.3 is 0 Å². The molecule has 4 atom stereocenters. The molecule has 2 heterocycles. The van der Waals surface area contributed by atoms with Gasteiger partial charge in [-0.05, 0) is 41.8 Å². The van der Waals surface area contributed by atoms with Crippen LogP contribution in [0.1, 0.15) is 40.0 Å². The summed E-state index contributed by atoms with van der Waals surface area (Å²) >= 11 is 0. The predicted octanol–water partition coefficient (Wildman–Crippen LogP) is 3.70. The van der Waals surface area contributed by atoms with Crippen LogP contribution in [0, 0.1) is 6.92 Å². The molecule has 0 fully saturated rings. The van der Waals surface area contributed by atoms with Gasteiger partial charge in [0.25, 0.3) is 0 Å². The maximum Gasteiger partial charge on any atom is 0.157 e. The van der Waals surface area contributed by atoms with Gasteiger partial charge in [0.05, 0.1) is 12.2 Å². The van der Waals surface area contributed by atoms with Crippen molar-refractivity contribution in [2.45, 2.75) is 44.2 Å². The lowest BCUT2D eigenvalue weighted by molar-refractivity contribution is 0.0197. The van der Waals surface area contributed by atoms with Crippen molar-refractivity contribution < 1.29 is 55.4 Å². The van der Waals surface area contributed by atoms with Gasteiger partial charge in [-0.25, -0.2) is 0 Å². The first-order valence-electron chi connectivity index (χ1n) is 13.0. The largest absolute Gasteiger partial charge is 0.508 e. The SMILES string of the molecule is Cc1ccc([C@@H]2Oc3cc(O)cc(O)c3C[C@@H]2O)cc1O.Oc1cc(O)c2c(c1)O[C@H](c1ccc(O)c(O)c1)[C@H](O)C2. The van der Waals surface area contributed by atoms with E-state index in [0.717, 1.165) is 5.56 Å². The van der Waals surface area contributed by atoms with Crippen molar-refractivity contribution in [2.75, 3.05) is 0 Å². The molecule has 11 heteroatoms. The molecule has 0 radical (unpaired) electrons. The van der Waals surface area contributed by atoms with Crippen molar-refractivity contribution in [1.82, 2.24) is 0 Å². The van der Waals surface area contributed by atoms with E-state index < -0.39 is 24.4 Å². The Morgan fingerprint density at radius 3 is 1.43 bits per heavy atom. The fourth-order valence-corrected chi connectivity index (χ4v) is 5.02. The van der Waals surface area contributed by atoms with Crippen LogP contribution in [-0.2, 0) is 12.8 Å². The van der Waals surface area contributed by atoms with Gasteiger partial charge in [-0.15, -0.1) is 0 Å². The number of aryl methyl sites for hydroxylation is 1. The Morgan fingerprint density at radius 1 is 0.524 bits per heavy atom. The van der Waals surface area contributed by atoms with Crippen molar-refractivity contribution >= 4 is 0 Å². The number of fused-ring (bicyclic) bond motifs is 2. The zero-order valence-corrected chi connectivity index (χ0v) is 22.3. The van der Waals surface area contributed by atoms with E-state index >= 15 is 0 Å². The summed E-state index contributed by atoms with van der Waals surface area (Å²) in [4.78, 5) is 0. The van der Waals surface area contributed by atoms with E-state index in [1.165, 1.54) is 42.5 Å². The van der Waals surface area contributed by atoms with Gasteiger partial charge < -0.3 is 55.4 Å². The maximum atomic E-state index is 10.2. The normalized spacial score (nSPS) is 20.6. The summed E-state index contributed by atoms with van der Waals surface area (Å²) in [5.41, 5.74) is 2.73. The third-order valence-electron chi connectivity index (χ3n) is 7.26. The van der Waals surface area contributed by atoms with Crippen LogP contribution < -0.4 is 9.47 Å². The summed E-state index contributed by atoms with van der Waals surface area (Å²) in [6.45, 7) is 1.78. The summed E-state index contributed by atoms with van der Waals surface area (Å²) < 4.78 is 11.3. The Kier molecular flexibility index (Phi) is 7.55. The summed E-state index contributed by atoms with van der Waals surface area (Å²) in [6.07, 6.45) is -2.86. The lowest BCUT2D eigenvalue weighted by Gasteiger charge is -2.31. The van der Waals surface area contributed by atoms with Crippen LogP contribution in [0.25, 0.3) is 0 Å². The van der Waals surface area contributed by atoms with E-state index in [1.54, 1.807) is 25.1 Å². The predicted molar refractivity (Wildman–Crippen MR) is 148 cm³/mol. The average Bonchev–Trinajstić information content (AvgIpc) is 2.92. The molecule has 4 aromatic carbocycles. The molecule has 4 aromatic rings. The van der Waals surface area contributed by atoms with E-state index in [1.807, 2.05) is 0 Å². The lowest BCUT2D eigenvalue weighted by atomic mass is 9.93. The number of rotatable bonds is 2. The molecule has 0 unspecified atom stereocenters. The minimum atomic E-state index is -0.933. The molecule has 2 aliphatic rings. The molecule has 0 aliphatic carbocycles. The van der Waals surface area contributed by atoms with Crippen molar-refractivity contribution in [2.24, 2.45) is 0 Å². The van der Waals surface area contributed by atoms with Gasteiger partial charge in [-0.1, -0.05) is 18.2 Å². The summed E-state index contributed by atoms with van der Waals surface area (Å²) in [6, 6.07) is 14.4. The first-order chi connectivity index (χ1) is 19.9. The minimum absolute atomic E-state index is 0.103. The molecule has 6 rings (SSSR count). The van der Waals surface area contributed by atoms with Crippen molar-refractivity contribution in [3.8, 4) is 51.7 Å². The van der Waals surface area contributed by atoms with Gasteiger partial charge in [-0.2, -0.15) is 0 Å². The number of aliphatic hydroxyl groups is 2. The molecule has 0 spiro atoms. The third kappa shape index (κ3) is 5.60. The quantitative estimate of drug-likeness (QED) is 0.157. The highest BCUT2D eigenvalue weighted by Crippen LogP contribution is 2.44. The van der Waals surface area contributed by atoms with Crippen LogP contribution in [0.3, 0.4) is 0 Å². The van der Waals surface area contributed by atoms with Gasteiger partial charge in [0.1, 0.15) is 52.5 Å². The molecule has 0 saturated carbocycles. The van der Waals surface area contributed by atoms with E-state index in [2.05, 4.69) is 0 Å². The monoisotopic (exact) mass is 578 g/mol. The second-order valence-corrected chi connectivity index (χ2v) is 10.3. The molecule has 0 bridgehead atoms. The average molecular weight is 579 g/mol. The van der Waals surface area contributed by atoms with Gasteiger partial charge in [0.2, 0.25) is 0 Å². The second-order valence-electron chi connectivity index (χ2n) is 10.3. The van der Waals surface area contributed by atoms with Crippen molar-refractivity contribution in [3.05, 3.63) is 88.5 Å². The van der Waals surface area contributed by atoms with Crippen LogP contribution in [0.5, 0.6) is 51.7 Å². The number of hydrogen-bond acceptors (Lipinski definition) is 11. The van der Waals surface area contributed by atoms with Crippen molar-refractivity contribution in [1.29, 1.82) is 0 Å². The molecular weight excluding hydrogens is 548 g/mol. The van der Waals surface area contributed by atoms with Crippen LogP contribution in [0.4, 0.5) is 0 Å². The molecule has 0 aromatic heterocycles. The number of phenols is 7. The fourth-order valence-electron chi connectivity index (χ4n) is 5.02. The van der Waals surface area contributed by atoms with E-state index in [-0.39, 0.29) is 58.8 Å². The Balaban J connectivity index is 0.000000168. The Hall–Kier alpha value is -5.00. The van der Waals surface area contributed by atoms with E-state index in [9.17, 15) is 46.0 Å². The highest BCUT2D eigenvalue weighted by molar-refractivity contribution is 5.53. The summed E-state index contributed by atoms with van der Waals surface area (Å²) in [5, 5.41) is 87.7. The Labute approximate surface area is 240 Å². The van der Waals surface area contributed by atoms with Crippen molar-refractivity contribution in [3.63, 3.8) is 0 Å². The molecule has 2 aliphatic heterocycles. The van der Waals surface area contributed by atoms with Gasteiger partial charge in [0, 0.05) is 48.2 Å². The molecule has 9 N–H and O–H groups in total. The third-order valence-corrected chi connectivity index (χ3v) is 7.26. The number of aromatic hydroxyl groups is 7. The number of benzene rings is 4. The van der Waals surface area contributed by atoms with Crippen LogP contribution in [0.15, 0.2) is 60.7 Å². The molecule has 42 heavy (non-hydrogen) atoms. The Morgan fingerprint density at radius 2 is 0.976 bits per heavy atom. The molecular formula is C31H30O11. The first kappa shape index (κ1) is 28.5. The highest BCUT2D eigenvalue weighted by atomic mass is 16.5. The number of aliphatic hydroxyl groups excluding tert-OH is 2. The fraction of sp³-hybridized carbons (Fsp3) is 0.226. The van der Waals surface area contributed by atoms with E-state index in [4.69, 9.17) is 9.47 Å². The first-order valence-corrected chi connectivity index (χ1v) is 13.0. The maximum absolute atomic E-state index is 10.2. The van der Waals surface area contributed by atoms with Crippen LogP contribution in [0.2, 0.25) is 0 Å². The van der Waals surface area contributed by atoms with E-state index in [0.29, 0.717) is 28.0 Å². The highest BCUT2D eigenvalue weighted by Gasteiger charge is 2.33. The van der Waals surface area contributed by atoms with Crippen LogP contribution in [-0.4, -0.2) is 58.2 Å². The zero-order chi connectivity index (χ0) is 30.3. The van der Waals surface area contributed by atoms with Crippen LogP contribution >= 0.6 is 0 Å². The lowest BCUT2D eigenvalue weighted by Crippen LogP contribution is -2.30. The number of ether oxygens (including phenoxy) is 2. The minimum Gasteiger partial charge on any atom is -0.508 e. The number of phenolic OH excluding ortho intramolecular Hbond substituents is 7. The Bertz CT molecular complexity index is 1510. The summed E-state index contributed by atoms with van der Waals surface area (Å²) in [7, 11) is 0. The molecule has 0 amide bonds. The molecule has 0 saturated heterocycles. The summed E-state index contributed by atoms with van der Waals surface area (Å²) in [5.74, 6) is -0.327.